The molecule has 1 N–H and O–H groups in total. The molecule has 0 atom stereocenters. The van der Waals surface area contributed by atoms with Gasteiger partial charge in [0.05, 0.1) is 24.6 Å². The molecular formula is C24H25FN2O2S. The first-order chi connectivity index (χ1) is 14.6. The van der Waals surface area contributed by atoms with Crippen LogP contribution in [0.4, 0.5) is 10.1 Å². The van der Waals surface area contributed by atoms with Crippen molar-refractivity contribution in [3.05, 3.63) is 83.4 Å². The first-order valence-electron chi connectivity index (χ1n) is 9.86. The van der Waals surface area contributed by atoms with Crippen molar-refractivity contribution in [1.29, 1.82) is 0 Å². The number of methoxy groups -OCH3 is 1. The number of carbonyl (C=O) groups excluding carboxylic acids is 1. The monoisotopic (exact) mass is 424 g/mol. The highest BCUT2D eigenvalue weighted by Crippen LogP contribution is 2.31. The summed E-state index contributed by atoms with van der Waals surface area (Å²) in [6.45, 7) is 0. The van der Waals surface area contributed by atoms with E-state index in [1.165, 1.54) is 60.9 Å². The van der Waals surface area contributed by atoms with Gasteiger partial charge in [0, 0.05) is 23.0 Å². The van der Waals surface area contributed by atoms with Crippen LogP contribution in [-0.4, -0.2) is 25.1 Å². The Morgan fingerprint density at radius 1 is 1.03 bits per heavy atom. The summed E-state index contributed by atoms with van der Waals surface area (Å²) in [7, 11) is 3.08. The van der Waals surface area contributed by atoms with Crippen molar-refractivity contribution in [3.8, 4) is 0 Å². The van der Waals surface area contributed by atoms with E-state index in [-0.39, 0.29) is 11.8 Å². The summed E-state index contributed by atoms with van der Waals surface area (Å²) >= 11 is 1.70. The van der Waals surface area contributed by atoms with Crippen LogP contribution in [-0.2, 0) is 17.6 Å². The average Bonchev–Trinajstić information content (AvgIpc) is 2.80. The summed E-state index contributed by atoms with van der Waals surface area (Å²) in [4.78, 5) is 17.3. The molecule has 1 aliphatic rings. The number of benzene rings is 2. The van der Waals surface area contributed by atoms with Crippen LogP contribution < -0.4 is 5.32 Å². The van der Waals surface area contributed by atoms with Crippen LogP contribution in [0.3, 0.4) is 0 Å². The quantitative estimate of drug-likeness (QED) is 0.539. The Hall–Kier alpha value is -2.86. The molecule has 3 aromatic rings. The van der Waals surface area contributed by atoms with Crippen molar-refractivity contribution >= 4 is 23.4 Å². The molecule has 4 rings (SSSR count). The summed E-state index contributed by atoms with van der Waals surface area (Å²) in [5.41, 5.74) is 4.16. The van der Waals surface area contributed by atoms with Gasteiger partial charge in [0.2, 0.25) is 0 Å². The number of aryl methyl sites for hydroxylation is 2. The highest BCUT2D eigenvalue weighted by atomic mass is 32.2. The zero-order chi connectivity index (χ0) is 21.3. The molecule has 0 saturated heterocycles. The average molecular weight is 425 g/mol. The molecule has 0 aliphatic heterocycles. The zero-order valence-corrected chi connectivity index (χ0v) is 18.0. The van der Waals surface area contributed by atoms with E-state index in [1.54, 1.807) is 37.3 Å². The largest absolute Gasteiger partial charge is 0.465 e. The molecule has 0 amide bonds. The SMILES string of the molecule is CNc1cnccc1C(=O)OC.Fc1ccc(Sc2ccc3c(c2)CCCC3)cc1. The Kier molecular flexibility index (Phi) is 7.85. The lowest BCUT2D eigenvalue weighted by Crippen LogP contribution is -2.05. The first kappa shape index (κ1) is 21.8. The highest BCUT2D eigenvalue weighted by molar-refractivity contribution is 7.99. The van der Waals surface area contributed by atoms with Crippen LogP contribution in [0.5, 0.6) is 0 Å². The van der Waals surface area contributed by atoms with E-state index < -0.39 is 0 Å². The van der Waals surface area contributed by atoms with Gasteiger partial charge in [-0.3, -0.25) is 4.98 Å². The van der Waals surface area contributed by atoms with Crippen LogP contribution >= 0.6 is 11.8 Å². The van der Waals surface area contributed by atoms with Crippen molar-refractivity contribution in [1.82, 2.24) is 4.98 Å². The number of ether oxygens (including phenoxy) is 1. The lowest BCUT2D eigenvalue weighted by Gasteiger charge is -2.16. The Labute approximate surface area is 180 Å². The van der Waals surface area contributed by atoms with Gasteiger partial charge >= 0.3 is 5.97 Å². The summed E-state index contributed by atoms with van der Waals surface area (Å²) in [6.07, 6.45) is 8.17. The third-order valence-corrected chi connectivity index (χ3v) is 5.86. The molecule has 0 spiro atoms. The van der Waals surface area contributed by atoms with Gasteiger partial charge in [-0.15, -0.1) is 0 Å². The molecule has 30 heavy (non-hydrogen) atoms. The minimum Gasteiger partial charge on any atom is -0.465 e. The minimum absolute atomic E-state index is 0.176. The fourth-order valence-corrected chi connectivity index (χ4v) is 4.18. The van der Waals surface area contributed by atoms with Gasteiger partial charge in [0.15, 0.2) is 0 Å². The fourth-order valence-electron chi connectivity index (χ4n) is 3.29. The van der Waals surface area contributed by atoms with Crippen molar-refractivity contribution in [2.75, 3.05) is 19.5 Å². The molecule has 2 aromatic carbocycles. The van der Waals surface area contributed by atoms with Gasteiger partial charge in [-0.1, -0.05) is 17.8 Å². The van der Waals surface area contributed by atoms with Crippen LogP contribution in [0.25, 0.3) is 0 Å². The predicted octanol–water partition coefficient (Wildman–Crippen LogP) is 5.77. The number of aromatic nitrogens is 1. The van der Waals surface area contributed by atoms with E-state index >= 15 is 0 Å². The second-order valence-corrected chi connectivity index (χ2v) is 8.00. The molecule has 156 valence electrons. The first-order valence-corrected chi connectivity index (χ1v) is 10.7. The lowest BCUT2D eigenvalue weighted by atomic mass is 9.92. The number of nitrogens with zero attached hydrogens (tertiary/aromatic N) is 1. The second kappa shape index (κ2) is 10.8. The third-order valence-electron chi connectivity index (χ3n) is 4.87. The molecule has 6 heteroatoms. The molecule has 1 aromatic heterocycles. The minimum atomic E-state index is -0.359. The molecule has 1 aliphatic carbocycles. The lowest BCUT2D eigenvalue weighted by molar-refractivity contribution is 0.0601. The molecule has 0 saturated carbocycles. The number of rotatable bonds is 4. The topological polar surface area (TPSA) is 51.2 Å². The summed E-state index contributed by atoms with van der Waals surface area (Å²) in [5.74, 6) is -0.536. The summed E-state index contributed by atoms with van der Waals surface area (Å²) in [5, 5.41) is 2.85. The van der Waals surface area contributed by atoms with Gasteiger partial charge in [-0.25, -0.2) is 9.18 Å². The third kappa shape index (κ3) is 5.83. The molecule has 0 unspecified atom stereocenters. The molecule has 0 radical (unpaired) electrons. The van der Waals surface area contributed by atoms with Crippen LogP contribution in [0, 0.1) is 5.82 Å². The fraction of sp³-hybridized carbons (Fsp3) is 0.250. The van der Waals surface area contributed by atoms with E-state index in [1.807, 2.05) is 12.1 Å². The zero-order valence-electron chi connectivity index (χ0n) is 17.2. The van der Waals surface area contributed by atoms with Gasteiger partial charge in [-0.2, -0.15) is 0 Å². The number of halogens is 1. The molecule has 1 heterocycles. The van der Waals surface area contributed by atoms with Gasteiger partial charge < -0.3 is 10.1 Å². The van der Waals surface area contributed by atoms with Crippen LogP contribution in [0.2, 0.25) is 0 Å². The number of pyridine rings is 1. The van der Waals surface area contributed by atoms with Gasteiger partial charge in [0.25, 0.3) is 0 Å². The van der Waals surface area contributed by atoms with Crippen molar-refractivity contribution < 1.29 is 13.9 Å². The summed E-state index contributed by atoms with van der Waals surface area (Å²) in [6, 6.07) is 15.0. The maximum Gasteiger partial charge on any atom is 0.340 e. The maximum atomic E-state index is 12.8. The number of anilines is 1. The number of carbonyl (C=O) groups is 1. The van der Waals surface area contributed by atoms with Crippen LogP contribution in [0.1, 0.15) is 34.3 Å². The Bertz CT molecular complexity index is 993. The van der Waals surface area contributed by atoms with Crippen molar-refractivity contribution in [2.45, 2.75) is 35.5 Å². The van der Waals surface area contributed by atoms with Crippen molar-refractivity contribution in [2.24, 2.45) is 0 Å². The number of hydrogen-bond donors (Lipinski definition) is 1. The van der Waals surface area contributed by atoms with Crippen LogP contribution in [0.15, 0.2) is 70.7 Å². The maximum absolute atomic E-state index is 12.8. The van der Waals surface area contributed by atoms with Gasteiger partial charge in [-0.05, 0) is 79.3 Å². The van der Waals surface area contributed by atoms with E-state index in [2.05, 4.69) is 33.2 Å². The smallest absolute Gasteiger partial charge is 0.340 e. The Morgan fingerprint density at radius 3 is 2.43 bits per heavy atom. The van der Waals surface area contributed by atoms with E-state index in [0.717, 1.165) is 4.90 Å². The Balaban J connectivity index is 0.000000187. The molecule has 4 nitrogen and oxygen atoms in total. The van der Waals surface area contributed by atoms with Gasteiger partial charge in [0.1, 0.15) is 5.82 Å². The van der Waals surface area contributed by atoms with E-state index in [4.69, 9.17) is 0 Å². The van der Waals surface area contributed by atoms with E-state index in [9.17, 15) is 9.18 Å². The normalized spacial score (nSPS) is 12.2. The highest BCUT2D eigenvalue weighted by Gasteiger charge is 2.10. The van der Waals surface area contributed by atoms with Crippen molar-refractivity contribution in [3.63, 3.8) is 0 Å². The number of fused-ring (bicyclic) bond motifs is 1. The standard InChI is InChI=1S/C16H15FS.C8H10N2O2/c17-14-6-9-15(10-7-14)18-16-8-5-12-3-1-2-4-13(12)11-16;1-9-7-5-10-4-3-6(7)8(11)12-2/h5-11H,1-4H2;3-5,9H,1-2H3. The molecular weight excluding hydrogens is 399 g/mol. The number of nitrogens with one attached hydrogen (secondary N) is 1. The summed E-state index contributed by atoms with van der Waals surface area (Å²) < 4.78 is 17.4. The Morgan fingerprint density at radius 2 is 1.73 bits per heavy atom. The molecule has 0 bridgehead atoms. The number of esters is 1. The predicted molar refractivity (Wildman–Crippen MR) is 119 cm³/mol. The second-order valence-electron chi connectivity index (χ2n) is 6.86. The molecule has 0 fully saturated rings. The van der Waals surface area contributed by atoms with E-state index in [0.29, 0.717) is 11.3 Å². The number of hydrogen-bond acceptors (Lipinski definition) is 5.